The zero-order chi connectivity index (χ0) is 21.9. The lowest BCUT2D eigenvalue weighted by atomic mass is 10.1. The number of rotatable bonds is 20. The lowest BCUT2D eigenvalue weighted by Crippen LogP contribution is -2.42. The summed E-state index contributed by atoms with van der Waals surface area (Å²) in [5, 5.41) is 28.8. The molecule has 5 heteroatoms. The predicted octanol–water partition coefficient (Wildman–Crippen LogP) is 4.91. The van der Waals surface area contributed by atoms with Gasteiger partial charge in [-0.15, -0.1) is 0 Å². The van der Waals surface area contributed by atoms with E-state index in [4.69, 9.17) is 9.47 Å². The molecular weight excluding hydrogens is 380 g/mol. The highest BCUT2D eigenvalue weighted by atomic mass is 16.6. The molecule has 0 saturated carbocycles. The summed E-state index contributed by atoms with van der Waals surface area (Å²) in [6.45, 7) is 2.70. The van der Waals surface area contributed by atoms with Gasteiger partial charge < -0.3 is 24.8 Å². The van der Waals surface area contributed by atoms with Crippen LogP contribution < -0.4 is 0 Å². The Balaban J connectivity index is 1.84. The van der Waals surface area contributed by atoms with E-state index in [0.29, 0.717) is 6.61 Å². The number of hydrogen-bond acceptors (Lipinski definition) is 5. The summed E-state index contributed by atoms with van der Waals surface area (Å²) in [7, 11) is 0. The van der Waals surface area contributed by atoms with Crippen molar-refractivity contribution in [3.05, 3.63) is 12.2 Å². The van der Waals surface area contributed by atoms with Crippen LogP contribution in [0.15, 0.2) is 12.2 Å². The SMILES string of the molecule is CCCCCCCCCC/C=C/CCCCCCCO[C@@H](CO)[C@H]1OC[C@@H](O)[C@H]1O. The Morgan fingerprint density at radius 3 is 1.87 bits per heavy atom. The maximum atomic E-state index is 9.84. The second-order valence-corrected chi connectivity index (χ2v) is 8.74. The van der Waals surface area contributed by atoms with Gasteiger partial charge in [-0.05, 0) is 32.1 Å². The number of aliphatic hydroxyl groups is 3. The minimum absolute atomic E-state index is 0.0965. The Labute approximate surface area is 184 Å². The molecule has 0 aromatic carbocycles. The van der Waals surface area contributed by atoms with E-state index in [2.05, 4.69) is 19.1 Å². The Bertz CT molecular complexity index is 401. The average Bonchev–Trinajstić information content (AvgIpc) is 3.08. The van der Waals surface area contributed by atoms with Crippen molar-refractivity contribution < 1.29 is 24.8 Å². The van der Waals surface area contributed by atoms with Crippen molar-refractivity contribution >= 4 is 0 Å². The Morgan fingerprint density at radius 1 is 0.833 bits per heavy atom. The summed E-state index contributed by atoms with van der Waals surface area (Å²) in [6.07, 6.45) is 20.8. The van der Waals surface area contributed by atoms with Crippen LogP contribution in [0.2, 0.25) is 0 Å². The first-order chi connectivity index (χ1) is 14.7. The number of unbranched alkanes of at least 4 members (excludes halogenated alkanes) is 13. The van der Waals surface area contributed by atoms with Crippen LogP contribution >= 0.6 is 0 Å². The van der Waals surface area contributed by atoms with Gasteiger partial charge in [0, 0.05) is 6.61 Å². The first kappa shape index (κ1) is 27.6. The van der Waals surface area contributed by atoms with Crippen LogP contribution in [-0.4, -0.2) is 59.6 Å². The highest BCUT2D eigenvalue weighted by molar-refractivity contribution is 4.88. The molecular formula is C25H48O5. The van der Waals surface area contributed by atoms with E-state index in [0.717, 1.165) is 12.8 Å². The molecule has 0 amide bonds. The first-order valence-electron chi connectivity index (χ1n) is 12.6. The topological polar surface area (TPSA) is 79.2 Å². The van der Waals surface area contributed by atoms with Crippen LogP contribution in [0.3, 0.4) is 0 Å². The summed E-state index contributed by atoms with van der Waals surface area (Å²) >= 11 is 0. The zero-order valence-electron chi connectivity index (χ0n) is 19.4. The maximum absolute atomic E-state index is 9.84. The summed E-state index contributed by atoms with van der Waals surface area (Å²) in [4.78, 5) is 0. The highest BCUT2D eigenvalue weighted by Crippen LogP contribution is 2.20. The zero-order valence-corrected chi connectivity index (χ0v) is 19.4. The summed E-state index contributed by atoms with van der Waals surface area (Å²) in [6, 6.07) is 0. The van der Waals surface area contributed by atoms with Crippen LogP contribution in [0.25, 0.3) is 0 Å². The minimum Gasteiger partial charge on any atom is -0.394 e. The Kier molecular flexibility index (Phi) is 17.7. The van der Waals surface area contributed by atoms with Gasteiger partial charge in [0.15, 0.2) is 0 Å². The molecule has 1 aliphatic rings. The molecule has 1 saturated heterocycles. The van der Waals surface area contributed by atoms with Gasteiger partial charge in [-0.2, -0.15) is 0 Å². The fraction of sp³-hybridized carbons (Fsp3) is 0.920. The van der Waals surface area contributed by atoms with E-state index in [-0.39, 0.29) is 13.2 Å². The summed E-state index contributed by atoms with van der Waals surface area (Å²) in [5.41, 5.74) is 0. The van der Waals surface area contributed by atoms with Gasteiger partial charge in [-0.1, -0.05) is 83.3 Å². The molecule has 0 radical (unpaired) electrons. The molecule has 5 nitrogen and oxygen atoms in total. The molecule has 0 bridgehead atoms. The molecule has 0 aliphatic carbocycles. The number of ether oxygens (including phenoxy) is 2. The predicted molar refractivity (Wildman–Crippen MR) is 123 cm³/mol. The molecule has 1 heterocycles. The van der Waals surface area contributed by atoms with Gasteiger partial charge >= 0.3 is 0 Å². The molecule has 1 aliphatic heterocycles. The normalized spacial score (nSPS) is 22.9. The largest absolute Gasteiger partial charge is 0.394 e. The Hall–Kier alpha value is -0.460. The molecule has 0 unspecified atom stereocenters. The van der Waals surface area contributed by atoms with Crippen molar-refractivity contribution in [2.45, 2.75) is 128 Å². The van der Waals surface area contributed by atoms with Crippen molar-refractivity contribution in [2.24, 2.45) is 0 Å². The van der Waals surface area contributed by atoms with Crippen molar-refractivity contribution in [1.29, 1.82) is 0 Å². The molecule has 0 aromatic heterocycles. The van der Waals surface area contributed by atoms with E-state index in [1.54, 1.807) is 0 Å². The smallest absolute Gasteiger partial charge is 0.114 e. The van der Waals surface area contributed by atoms with Crippen molar-refractivity contribution in [2.75, 3.05) is 19.8 Å². The van der Waals surface area contributed by atoms with Gasteiger partial charge in [0.2, 0.25) is 0 Å². The number of aliphatic hydroxyl groups excluding tert-OH is 3. The third-order valence-electron chi connectivity index (χ3n) is 5.97. The number of hydrogen-bond donors (Lipinski definition) is 3. The third kappa shape index (κ3) is 13.1. The van der Waals surface area contributed by atoms with Crippen LogP contribution in [0.4, 0.5) is 0 Å². The molecule has 30 heavy (non-hydrogen) atoms. The quantitative estimate of drug-likeness (QED) is 0.190. The molecule has 3 N–H and O–H groups in total. The third-order valence-corrected chi connectivity index (χ3v) is 5.97. The van der Waals surface area contributed by atoms with E-state index >= 15 is 0 Å². The van der Waals surface area contributed by atoms with E-state index in [1.807, 2.05) is 0 Å². The monoisotopic (exact) mass is 428 g/mol. The van der Waals surface area contributed by atoms with Crippen LogP contribution in [0.5, 0.6) is 0 Å². The van der Waals surface area contributed by atoms with Crippen molar-refractivity contribution in [1.82, 2.24) is 0 Å². The van der Waals surface area contributed by atoms with Crippen molar-refractivity contribution in [3.63, 3.8) is 0 Å². The van der Waals surface area contributed by atoms with Crippen LogP contribution in [-0.2, 0) is 9.47 Å². The second-order valence-electron chi connectivity index (χ2n) is 8.74. The molecule has 1 fully saturated rings. The summed E-state index contributed by atoms with van der Waals surface area (Å²) in [5.74, 6) is 0. The van der Waals surface area contributed by atoms with Gasteiger partial charge in [0.05, 0.1) is 13.2 Å². The average molecular weight is 429 g/mol. The molecule has 0 spiro atoms. The highest BCUT2D eigenvalue weighted by Gasteiger charge is 2.40. The second kappa shape index (κ2) is 19.2. The lowest BCUT2D eigenvalue weighted by Gasteiger charge is -2.24. The molecule has 4 atom stereocenters. The Morgan fingerprint density at radius 2 is 1.37 bits per heavy atom. The number of allylic oxidation sites excluding steroid dienone is 2. The standard InChI is InChI=1S/C25H48O5/c1-2-3-4-5-6-7-8-9-10-11-12-13-14-15-16-17-18-19-29-23(20-26)25-24(28)22(27)21-30-25/h11-12,22-28H,2-10,13-21H2,1H3/b12-11+/t22-,23+,24-,25-/m1/s1. The maximum Gasteiger partial charge on any atom is 0.114 e. The minimum atomic E-state index is -0.981. The van der Waals surface area contributed by atoms with E-state index in [1.165, 1.54) is 83.5 Å². The van der Waals surface area contributed by atoms with Crippen LogP contribution in [0, 0.1) is 0 Å². The molecule has 1 rings (SSSR count). The first-order valence-corrected chi connectivity index (χ1v) is 12.6. The van der Waals surface area contributed by atoms with Gasteiger partial charge in [-0.3, -0.25) is 0 Å². The summed E-state index contributed by atoms with van der Waals surface area (Å²) < 4.78 is 11.0. The van der Waals surface area contributed by atoms with Gasteiger partial charge in [0.1, 0.15) is 24.4 Å². The van der Waals surface area contributed by atoms with Gasteiger partial charge in [0.25, 0.3) is 0 Å². The van der Waals surface area contributed by atoms with E-state index in [9.17, 15) is 15.3 Å². The van der Waals surface area contributed by atoms with Gasteiger partial charge in [-0.25, -0.2) is 0 Å². The lowest BCUT2D eigenvalue weighted by molar-refractivity contribution is -0.101. The molecule has 0 aromatic rings. The van der Waals surface area contributed by atoms with Crippen molar-refractivity contribution in [3.8, 4) is 0 Å². The fourth-order valence-corrected chi connectivity index (χ4v) is 3.97. The van der Waals surface area contributed by atoms with E-state index < -0.39 is 24.4 Å². The molecule has 178 valence electrons. The van der Waals surface area contributed by atoms with Crippen LogP contribution in [0.1, 0.15) is 103 Å². The fourth-order valence-electron chi connectivity index (χ4n) is 3.97.